The molecule has 0 amide bonds. The number of nitrogens with one attached hydrogen (secondary N) is 1. The van der Waals surface area contributed by atoms with Gasteiger partial charge in [0.15, 0.2) is 0 Å². The lowest BCUT2D eigenvalue weighted by Gasteiger charge is -2.26. The molecule has 106 valence electrons. The van der Waals surface area contributed by atoms with Gasteiger partial charge in [0.25, 0.3) is 0 Å². The summed E-state index contributed by atoms with van der Waals surface area (Å²) in [4.78, 5) is 0.347. The third-order valence-electron chi connectivity index (χ3n) is 3.74. The van der Waals surface area contributed by atoms with E-state index < -0.39 is 10.0 Å². The number of nitrogens with two attached hydrogens (primary N) is 1. The van der Waals surface area contributed by atoms with Crippen LogP contribution in [0.4, 0.5) is 0 Å². The highest BCUT2D eigenvalue weighted by molar-refractivity contribution is 7.89. The summed E-state index contributed by atoms with van der Waals surface area (Å²) in [7, 11) is -3.39. The third kappa shape index (κ3) is 3.78. The Kier molecular flexibility index (Phi) is 4.60. The van der Waals surface area contributed by atoms with Gasteiger partial charge in [0.05, 0.1) is 4.90 Å². The van der Waals surface area contributed by atoms with E-state index in [4.69, 9.17) is 5.73 Å². The highest BCUT2D eigenvalue weighted by Gasteiger charge is 2.24. The third-order valence-corrected chi connectivity index (χ3v) is 5.27. The average Bonchev–Trinajstić information content (AvgIpc) is 2.41. The molecule has 0 saturated heterocycles. The second-order valence-electron chi connectivity index (χ2n) is 5.23. The van der Waals surface area contributed by atoms with Crippen molar-refractivity contribution >= 4 is 10.0 Å². The zero-order chi connectivity index (χ0) is 13.9. The molecule has 0 atom stereocenters. The number of sulfonamides is 1. The first-order chi connectivity index (χ1) is 9.01. The normalized spacial score (nSPS) is 24.3. The molecule has 0 unspecified atom stereocenters. The van der Waals surface area contributed by atoms with Gasteiger partial charge in [-0.1, -0.05) is 19.1 Å². The molecule has 0 aliphatic heterocycles. The van der Waals surface area contributed by atoms with E-state index in [0.29, 0.717) is 4.90 Å². The summed E-state index contributed by atoms with van der Waals surface area (Å²) in [6.45, 7) is 2.05. The predicted molar refractivity (Wildman–Crippen MR) is 76.4 cm³/mol. The van der Waals surface area contributed by atoms with Crippen molar-refractivity contribution in [2.24, 2.45) is 5.73 Å². The van der Waals surface area contributed by atoms with Crippen molar-refractivity contribution in [3.05, 3.63) is 29.8 Å². The number of benzene rings is 1. The molecule has 1 saturated carbocycles. The first kappa shape index (κ1) is 14.5. The van der Waals surface area contributed by atoms with Gasteiger partial charge in [-0.2, -0.15) is 0 Å². The van der Waals surface area contributed by atoms with E-state index in [9.17, 15) is 8.42 Å². The Hall–Kier alpha value is -0.910. The zero-order valence-electron chi connectivity index (χ0n) is 11.3. The SMILES string of the molecule is CCc1ccc(S(=O)(=O)NC2CCC(N)CC2)cc1. The van der Waals surface area contributed by atoms with Crippen molar-refractivity contribution in [2.75, 3.05) is 0 Å². The van der Waals surface area contributed by atoms with Gasteiger partial charge in [-0.15, -0.1) is 0 Å². The maximum atomic E-state index is 12.2. The van der Waals surface area contributed by atoms with Gasteiger partial charge in [-0.05, 0) is 49.8 Å². The average molecular weight is 282 g/mol. The van der Waals surface area contributed by atoms with E-state index in [-0.39, 0.29) is 12.1 Å². The summed E-state index contributed by atoms with van der Waals surface area (Å²) in [5.74, 6) is 0. The maximum Gasteiger partial charge on any atom is 0.240 e. The molecule has 1 fully saturated rings. The second-order valence-corrected chi connectivity index (χ2v) is 6.94. The fourth-order valence-electron chi connectivity index (χ4n) is 2.43. The molecule has 0 aromatic heterocycles. The van der Waals surface area contributed by atoms with Crippen LogP contribution in [0.5, 0.6) is 0 Å². The predicted octanol–water partition coefficient (Wildman–Crippen LogP) is 1.80. The molecule has 0 heterocycles. The number of rotatable bonds is 4. The highest BCUT2D eigenvalue weighted by Crippen LogP contribution is 2.19. The molecule has 1 aliphatic carbocycles. The van der Waals surface area contributed by atoms with Crippen LogP contribution < -0.4 is 10.5 Å². The molecule has 3 N–H and O–H groups in total. The monoisotopic (exact) mass is 282 g/mol. The van der Waals surface area contributed by atoms with Crippen LogP contribution in [0.2, 0.25) is 0 Å². The number of hydrogen-bond acceptors (Lipinski definition) is 3. The summed E-state index contributed by atoms with van der Waals surface area (Å²) < 4.78 is 27.3. The molecule has 2 rings (SSSR count). The fraction of sp³-hybridized carbons (Fsp3) is 0.571. The van der Waals surface area contributed by atoms with Gasteiger partial charge in [0, 0.05) is 12.1 Å². The molecule has 4 nitrogen and oxygen atoms in total. The van der Waals surface area contributed by atoms with Crippen molar-refractivity contribution in [3.63, 3.8) is 0 Å². The summed E-state index contributed by atoms with van der Waals surface area (Å²) in [5, 5.41) is 0. The van der Waals surface area contributed by atoms with Gasteiger partial charge in [-0.25, -0.2) is 13.1 Å². The Morgan fingerprint density at radius 2 is 1.74 bits per heavy atom. The molecule has 0 bridgehead atoms. The summed E-state index contributed by atoms with van der Waals surface area (Å²) in [6, 6.07) is 7.34. The Balaban J connectivity index is 2.05. The molecule has 0 spiro atoms. The number of aryl methyl sites for hydroxylation is 1. The summed E-state index contributed by atoms with van der Waals surface area (Å²) in [6.07, 6.45) is 4.35. The van der Waals surface area contributed by atoms with E-state index in [2.05, 4.69) is 4.72 Å². The smallest absolute Gasteiger partial charge is 0.240 e. The van der Waals surface area contributed by atoms with E-state index in [1.54, 1.807) is 12.1 Å². The van der Waals surface area contributed by atoms with Gasteiger partial charge in [-0.3, -0.25) is 0 Å². The lowest BCUT2D eigenvalue weighted by Crippen LogP contribution is -2.40. The van der Waals surface area contributed by atoms with Crippen LogP contribution in [0.25, 0.3) is 0 Å². The Morgan fingerprint density at radius 3 is 2.26 bits per heavy atom. The molecule has 0 radical (unpaired) electrons. The van der Waals surface area contributed by atoms with E-state index in [1.807, 2.05) is 19.1 Å². The first-order valence-electron chi connectivity index (χ1n) is 6.88. The second kappa shape index (κ2) is 6.03. The fourth-order valence-corrected chi connectivity index (χ4v) is 3.73. The zero-order valence-corrected chi connectivity index (χ0v) is 12.1. The molecule has 5 heteroatoms. The van der Waals surface area contributed by atoms with Crippen LogP contribution in [-0.2, 0) is 16.4 Å². The Bertz CT molecular complexity index is 503. The quantitative estimate of drug-likeness (QED) is 0.884. The highest BCUT2D eigenvalue weighted by atomic mass is 32.2. The van der Waals surface area contributed by atoms with E-state index in [0.717, 1.165) is 37.7 Å². The Morgan fingerprint density at radius 1 is 1.16 bits per heavy atom. The number of hydrogen-bond donors (Lipinski definition) is 2. The largest absolute Gasteiger partial charge is 0.328 e. The lowest BCUT2D eigenvalue weighted by molar-refractivity contribution is 0.373. The standard InChI is InChI=1S/C14H22N2O2S/c1-2-11-3-9-14(10-4-11)19(17,18)16-13-7-5-12(15)6-8-13/h3-4,9-10,12-13,16H,2,5-8,15H2,1H3. The van der Waals surface area contributed by atoms with Crippen LogP contribution in [0.1, 0.15) is 38.2 Å². The first-order valence-corrected chi connectivity index (χ1v) is 8.36. The van der Waals surface area contributed by atoms with Crippen LogP contribution in [-0.4, -0.2) is 20.5 Å². The van der Waals surface area contributed by atoms with Crippen molar-refractivity contribution < 1.29 is 8.42 Å². The molecular formula is C14H22N2O2S. The molecule has 1 aromatic rings. The molecular weight excluding hydrogens is 260 g/mol. The molecule has 1 aliphatic rings. The summed E-state index contributed by atoms with van der Waals surface area (Å²) in [5.41, 5.74) is 6.97. The van der Waals surface area contributed by atoms with E-state index >= 15 is 0 Å². The minimum absolute atomic E-state index is 0.0238. The topological polar surface area (TPSA) is 72.2 Å². The van der Waals surface area contributed by atoms with Crippen molar-refractivity contribution in [1.29, 1.82) is 0 Å². The minimum atomic E-state index is -3.39. The van der Waals surface area contributed by atoms with Gasteiger partial charge < -0.3 is 5.73 Å². The van der Waals surface area contributed by atoms with Crippen LogP contribution in [0, 0.1) is 0 Å². The minimum Gasteiger partial charge on any atom is -0.328 e. The lowest BCUT2D eigenvalue weighted by atomic mass is 9.93. The van der Waals surface area contributed by atoms with Crippen molar-refractivity contribution in [3.8, 4) is 0 Å². The van der Waals surface area contributed by atoms with Crippen molar-refractivity contribution in [2.45, 2.75) is 56.0 Å². The molecule has 1 aromatic carbocycles. The van der Waals surface area contributed by atoms with E-state index in [1.165, 1.54) is 0 Å². The molecule has 19 heavy (non-hydrogen) atoms. The van der Waals surface area contributed by atoms with Crippen LogP contribution in [0.3, 0.4) is 0 Å². The van der Waals surface area contributed by atoms with Crippen LogP contribution >= 0.6 is 0 Å². The summed E-state index contributed by atoms with van der Waals surface area (Å²) >= 11 is 0. The van der Waals surface area contributed by atoms with Gasteiger partial charge in [0.1, 0.15) is 0 Å². The Labute approximate surface area is 115 Å². The maximum absolute atomic E-state index is 12.2. The van der Waals surface area contributed by atoms with Gasteiger partial charge in [0.2, 0.25) is 10.0 Å². The van der Waals surface area contributed by atoms with Gasteiger partial charge >= 0.3 is 0 Å². The van der Waals surface area contributed by atoms with Crippen molar-refractivity contribution in [1.82, 2.24) is 4.72 Å². The van der Waals surface area contributed by atoms with Crippen LogP contribution in [0.15, 0.2) is 29.2 Å².